The predicted molar refractivity (Wildman–Crippen MR) is 70.3 cm³/mol. The van der Waals surface area contributed by atoms with Crippen molar-refractivity contribution in [3.63, 3.8) is 0 Å². The van der Waals surface area contributed by atoms with E-state index < -0.39 is 0 Å². The minimum absolute atomic E-state index is 0.192. The summed E-state index contributed by atoms with van der Waals surface area (Å²) >= 11 is 7.60. The number of hydrogen-bond acceptors (Lipinski definition) is 2. The summed E-state index contributed by atoms with van der Waals surface area (Å²) in [6, 6.07) is 13.2. The largest absolute Gasteiger partial charge is 0.508 e. The lowest BCUT2D eigenvalue weighted by atomic mass is 10.1. The summed E-state index contributed by atoms with van der Waals surface area (Å²) in [7, 11) is 0. The van der Waals surface area contributed by atoms with Crippen LogP contribution in [0.3, 0.4) is 0 Å². The first-order valence-electron chi connectivity index (χ1n) is 4.83. The highest BCUT2D eigenvalue weighted by atomic mass is 35.5. The highest BCUT2D eigenvalue weighted by molar-refractivity contribution is 7.98. The Morgan fingerprint density at radius 1 is 1.06 bits per heavy atom. The lowest BCUT2D eigenvalue weighted by Gasteiger charge is -2.05. The molecule has 2 rings (SSSR count). The van der Waals surface area contributed by atoms with Crippen LogP contribution in [0.15, 0.2) is 47.4 Å². The first-order chi connectivity index (χ1) is 7.69. The summed E-state index contributed by atoms with van der Waals surface area (Å²) in [5, 5.41) is 10.0. The van der Waals surface area contributed by atoms with E-state index in [2.05, 4.69) is 12.1 Å². The van der Waals surface area contributed by atoms with Crippen LogP contribution in [0.2, 0.25) is 5.02 Å². The minimum atomic E-state index is 0.192. The number of hydrogen-bond donors (Lipinski definition) is 1. The second-order valence-electron chi connectivity index (χ2n) is 3.43. The molecule has 2 aromatic carbocycles. The van der Waals surface area contributed by atoms with Crippen molar-refractivity contribution in [1.82, 2.24) is 0 Å². The third kappa shape index (κ3) is 2.52. The molecule has 0 saturated heterocycles. The maximum atomic E-state index is 9.49. The zero-order valence-corrected chi connectivity index (χ0v) is 10.3. The second kappa shape index (κ2) is 4.81. The number of aromatic hydroxyl groups is 1. The molecule has 0 aliphatic carbocycles. The van der Waals surface area contributed by atoms with E-state index in [1.54, 1.807) is 17.8 Å². The predicted octanol–water partition coefficient (Wildman–Crippen LogP) is 4.43. The van der Waals surface area contributed by atoms with Crippen molar-refractivity contribution < 1.29 is 5.11 Å². The Hall–Kier alpha value is -1.12. The van der Waals surface area contributed by atoms with E-state index in [9.17, 15) is 5.11 Å². The molecule has 0 saturated carbocycles. The van der Waals surface area contributed by atoms with E-state index in [0.717, 1.165) is 11.1 Å². The van der Waals surface area contributed by atoms with Gasteiger partial charge in [-0.2, -0.15) is 0 Å². The van der Waals surface area contributed by atoms with E-state index >= 15 is 0 Å². The molecule has 82 valence electrons. The Bertz CT molecular complexity index is 491. The molecule has 16 heavy (non-hydrogen) atoms. The lowest BCUT2D eigenvalue weighted by molar-refractivity contribution is 0.475. The van der Waals surface area contributed by atoms with Crippen LogP contribution in [0, 0.1) is 0 Å². The van der Waals surface area contributed by atoms with Gasteiger partial charge in [-0.05, 0) is 47.7 Å². The van der Waals surface area contributed by atoms with Gasteiger partial charge in [0, 0.05) is 9.92 Å². The summed E-state index contributed by atoms with van der Waals surface area (Å²) < 4.78 is 0. The number of phenolic OH excluding ortho intramolecular Hbond substituents is 1. The first-order valence-corrected chi connectivity index (χ1v) is 6.43. The van der Waals surface area contributed by atoms with Crippen molar-refractivity contribution in [2.45, 2.75) is 4.90 Å². The minimum Gasteiger partial charge on any atom is -0.508 e. The maximum absolute atomic E-state index is 9.49. The van der Waals surface area contributed by atoms with E-state index in [4.69, 9.17) is 11.6 Å². The quantitative estimate of drug-likeness (QED) is 0.796. The molecular formula is C13H11ClOS. The van der Waals surface area contributed by atoms with Crippen molar-refractivity contribution in [1.29, 1.82) is 0 Å². The second-order valence-corrected chi connectivity index (χ2v) is 4.75. The van der Waals surface area contributed by atoms with Crippen LogP contribution >= 0.6 is 23.4 Å². The summed E-state index contributed by atoms with van der Waals surface area (Å²) in [6.45, 7) is 0. The standard InChI is InChI=1S/C13H11ClOS/c1-16-13-4-2-3-9(7-13)10-5-11(14)8-12(15)6-10/h2-8,15H,1H3. The Labute approximate surface area is 104 Å². The maximum Gasteiger partial charge on any atom is 0.117 e. The molecular weight excluding hydrogens is 240 g/mol. The average Bonchev–Trinajstić information content (AvgIpc) is 2.28. The third-order valence-corrected chi connectivity index (χ3v) is 3.23. The van der Waals surface area contributed by atoms with Gasteiger partial charge >= 0.3 is 0 Å². The molecule has 1 nitrogen and oxygen atoms in total. The molecule has 1 N–H and O–H groups in total. The molecule has 0 fully saturated rings. The van der Waals surface area contributed by atoms with Crippen LogP contribution in [-0.4, -0.2) is 11.4 Å². The monoisotopic (exact) mass is 250 g/mol. The Morgan fingerprint density at radius 3 is 2.56 bits per heavy atom. The van der Waals surface area contributed by atoms with Crippen LogP contribution in [0.5, 0.6) is 5.75 Å². The van der Waals surface area contributed by atoms with Gasteiger partial charge < -0.3 is 5.11 Å². The van der Waals surface area contributed by atoms with E-state index in [0.29, 0.717) is 5.02 Å². The molecule has 0 unspecified atom stereocenters. The van der Waals surface area contributed by atoms with Crippen molar-refractivity contribution in [2.75, 3.05) is 6.26 Å². The molecule has 0 aliphatic heterocycles. The van der Waals surface area contributed by atoms with Crippen LogP contribution in [-0.2, 0) is 0 Å². The van der Waals surface area contributed by atoms with E-state index in [1.165, 1.54) is 11.0 Å². The fourth-order valence-corrected chi connectivity index (χ4v) is 2.23. The lowest BCUT2D eigenvalue weighted by Crippen LogP contribution is -1.79. The van der Waals surface area contributed by atoms with E-state index in [-0.39, 0.29) is 5.75 Å². The molecule has 3 heteroatoms. The Morgan fingerprint density at radius 2 is 1.88 bits per heavy atom. The van der Waals surface area contributed by atoms with Crippen LogP contribution in [0.1, 0.15) is 0 Å². The summed E-state index contributed by atoms with van der Waals surface area (Å²) in [5.74, 6) is 0.192. The fourth-order valence-electron chi connectivity index (χ4n) is 1.54. The summed E-state index contributed by atoms with van der Waals surface area (Å²) in [5.41, 5.74) is 1.99. The molecule has 0 aromatic heterocycles. The van der Waals surface area contributed by atoms with Crippen molar-refractivity contribution in [3.8, 4) is 16.9 Å². The molecule has 0 aliphatic rings. The van der Waals surface area contributed by atoms with Gasteiger partial charge in [-0.25, -0.2) is 0 Å². The average molecular weight is 251 g/mol. The molecule has 0 spiro atoms. The molecule has 2 aromatic rings. The van der Waals surface area contributed by atoms with Gasteiger partial charge in [0.2, 0.25) is 0 Å². The number of benzene rings is 2. The zero-order chi connectivity index (χ0) is 11.5. The molecule has 0 amide bonds. The van der Waals surface area contributed by atoms with E-state index in [1.807, 2.05) is 24.5 Å². The SMILES string of the molecule is CSc1cccc(-c2cc(O)cc(Cl)c2)c1. The molecule has 0 radical (unpaired) electrons. The number of thioether (sulfide) groups is 1. The Kier molecular flexibility index (Phi) is 3.42. The Balaban J connectivity index is 2.49. The number of rotatable bonds is 2. The topological polar surface area (TPSA) is 20.2 Å². The van der Waals surface area contributed by atoms with Crippen LogP contribution < -0.4 is 0 Å². The molecule has 0 heterocycles. The van der Waals surface area contributed by atoms with Gasteiger partial charge in [-0.3, -0.25) is 0 Å². The fraction of sp³-hybridized carbons (Fsp3) is 0.0769. The number of halogens is 1. The van der Waals surface area contributed by atoms with Gasteiger partial charge in [0.1, 0.15) is 5.75 Å². The third-order valence-electron chi connectivity index (χ3n) is 2.29. The van der Waals surface area contributed by atoms with Crippen molar-refractivity contribution >= 4 is 23.4 Å². The summed E-state index contributed by atoms with van der Waals surface area (Å²) in [6.07, 6.45) is 2.04. The molecule has 0 bridgehead atoms. The van der Waals surface area contributed by atoms with Crippen LogP contribution in [0.4, 0.5) is 0 Å². The van der Waals surface area contributed by atoms with Crippen molar-refractivity contribution in [2.24, 2.45) is 0 Å². The smallest absolute Gasteiger partial charge is 0.117 e. The normalized spacial score (nSPS) is 10.4. The summed E-state index contributed by atoms with van der Waals surface area (Å²) in [4.78, 5) is 1.19. The number of phenols is 1. The van der Waals surface area contributed by atoms with Gasteiger partial charge in [0.25, 0.3) is 0 Å². The van der Waals surface area contributed by atoms with Crippen molar-refractivity contribution in [3.05, 3.63) is 47.5 Å². The zero-order valence-electron chi connectivity index (χ0n) is 8.77. The first kappa shape index (κ1) is 11.4. The van der Waals surface area contributed by atoms with Crippen LogP contribution in [0.25, 0.3) is 11.1 Å². The highest BCUT2D eigenvalue weighted by Crippen LogP contribution is 2.29. The van der Waals surface area contributed by atoms with Gasteiger partial charge in [-0.1, -0.05) is 23.7 Å². The van der Waals surface area contributed by atoms with Gasteiger partial charge in [0.05, 0.1) is 0 Å². The van der Waals surface area contributed by atoms with Gasteiger partial charge in [-0.15, -0.1) is 11.8 Å². The highest BCUT2D eigenvalue weighted by Gasteiger charge is 2.02. The molecule has 0 atom stereocenters. The van der Waals surface area contributed by atoms with Gasteiger partial charge in [0.15, 0.2) is 0 Å².